The van der Waals surface area contributed by atoms with Crippen molar-refractivity contribution in [1.82, 2.24) is 35.1 Å². The zero-order valence-electron chi connectivity index (χ0n) is 15.6. The summed E-state index contributed by atoms with van der Waals surface area (Å²) in [4.78, 5) is 25.7. The monoisotopic (exact) mass is 388 g/mol. The van der Waals surface area contributed by atoms with Gasteiger partial charge in [0.15, 0.2) is 0 Å². The van der Waals surface area contributed by atoms with E-state index < -0.39 is 0 Å². The maximum atomic E-state index is 13.1. The van der Waals surface area contributed by atoms with Gasteiger partial charge in [-0.2, -0.15) is 0 Å². The molecule has 144 valence electrons. The summed E-state index contributed by atoms with van der Waals surface area (Å²) in [5.74, 6) is 0.992. The predicted octanol–water partition coefficient (Wildman–Crippen LogP) is 1.11. The lowest BCUT2D eigenvalue weighted by atomic mass is 10.1. The highest BCUT2D eigenvalue weighted by Gasteiger charge is 2.32. The Labute approximate surface area is 162 Å². The summed E-state index contributed by atoms with van der Waals surface area (Å²) in [6.07, 6.45) is 5.20. The van der Waals surface area contributed by atoms with E-state index >= 15 is 0 Å². The van der Waals surface area contributed by atoms with Crippen molar-refractivity contribution < 1.29 is 4.79 Å². The second-order valence-corrected chi connectivity index (χ2v) is 7.68. The molecule has 1 aliphatic rings. The van der Waals surface area contributed by atoms with Gasteiger partial charge < -0.3 is 9.80 Å². The number of piperazine rings is 1. The Kier molecular flexibility index (Phi) is 6.38. The number of thioether (sulfide) groups is 1. The molecule has 1 fully saturated rings. The van der Waals surface area contributed by atoms with E-state index in [1.165, 1.54) is 11.8 Å². The first-order valence-electron chi connectivity index (χ1n) is 8.94. The lowest BCUT2D eigenvalue weighted by Gasteiger charge is -2.36. The summed E-state index contributed by atoms with van der Waals surface area (Å²) in [5.41, 5.74) is 0. The number of amides is 1. The van der Waals surface area contributed by atoms with Gasteiger partial charge in [-0.1, -0.05) is 31.7 Å². The van der Waals surface area contributed by atoms with Crippen LogP contribution in [0.5, 0.6) is 0 Å². The predicted molar refractivity (Wildman–Crippen MR) is 103 cm³/mol. The topological polar surface area (TPSA) is 92.9 Å². The molecule has 0 aromatic carbocycles. The van der Waals surface area contributed by atoms with E-state index in [1.54, 1.807) is 29.2 Å². The molecule has 1 aliphatic heterocycles. The van der Waals surface area contributed by atoms with Gasteiger partial charge in [0.1, 0.15) is 0 Å². The summed E-state index contributed by atoms with van der Waals surface area (Å²) in [6.45, 7) is 11.1. The van der Waals surface area contributed by atoms with E-state index in [9.17, 15) is 4.79 Å². The Balaban J connectivity index is 1.64. The van der Waals surface area contributed by atoms with Gasteiger partial charge in [-0.3, -0.25) is 4.79 Å². The first kappa shape index (κ1) is 19.3. The molecule has 9 nitrogen and oxygen atoms in total. The van der Waals surface area contributed by atoms with E-state index in [0.29, 0.717) is 30.7 Å². The zero-order valence-corrected chi connectivity index (χ0v) is 16.4. The Bertz CT molecular complexity index is 757. The van der Waals surface area contributed by atoms with Gasteiger partial charge in [-0.15, -0.1) is 11.7 Å². The third-order valence-electron chi connectivity index (χ3n) is 4.31. The number of rotatable bonds is 7. The molecule has 1 saturated heterocycles. The minimum Gasteiger partial charge on any atom is -0.338 e. The van der Waals surface area contributed by atoms with Crippen LogP contribution in [0.25, 0.3) is 0 Å². The van der Waals surface area contributed by atoms with Crippen molar-refractivity contribution in [3.05, 3.63) is 31.1 Å². The van der Waals surface area contributed by atoms with Crippen LogP contribution in [0, 0.1) is 5.92 Å². The number of carbonyl (C=O) groups excluding carboxylic acids is 1. The van der Waals surface area contributed by atoms with E-state index in [0.717, 1.165) is 13.1 Å². The molecule has 2 aromatic heterocycles. The normalized spacial score (nSPS) is 15.8. The first-order chi connectivity index (χ1) is 13.1. The standard InChI is InChI=1S/C17H24N8OS/c1-4-8-25-17(20-21-22-25)27-14(13(2)3)15(26)23-9-11-24(12-10-23)16-18-6-5-7-19-16/h4-7,13-14H,1,8-12H2,2-3H3/t14-/m0/s1. The largest absolute Gasteiger partial charge is 0.338 e. The summed E-state index contributed by atoms with van der Waals surface area (Å²) < 4.78 is 1.66. The average molecular weight is 389 g/mol. The molecule has 27 heavy (non-hydrogen) atoms. The molecule has 0 aliphatic carbocycles. The first-order valence-corrected chi connectivity index (χ1v) is 9.82. The van der Waals surface area contributed by atoms with Crippen molar-refractivity contribution in [2.45, 2.75) is 30.8 Å². The molecular weight excluding hydrogens is 364 g/mol. The van der Waals surface area contributed by atoms with Gasteiger partial charge in [-0.05, 0) is 22.4 Å². The smallest absolute Gasteiger partial charge is 0.236 e. The Morgan fingerprint density at radius 1 is 1.26 bits per heavy atom. The fourth-order valence-electron chi connectivity index (χ4n) is 2.86. The van der Waals surface area contributed by atoms with Crippen LogP contribution in [-0.2, 0) is 11.3 Å². The quantitative estimate of drug-likeness (QED) is 0.514. The minimum absolute atomic E-state index is 0.122. The summed E-state index contributed by atoms with van der Waals surface area (Å²) in [6, 6.07) is 1.80. The number of aromatic nitrogens is 6. The minimum atomic E-state index is -0.237. The molecule has 3 heterocycles. The second-order valence-electron chi connectivity index (χ2n) is 6.58. The molecule has 0 unspecified atom stereocenters. The molecule has 3 rings (SSSR count). The summed E-state index contributed by atoms with van der Waals surface area (Å²) in [7, 11) is 0. The third kappa shape index (κ3) is 4.62. The van der Waals surface area contributed by atoms with Crippen LogP contribution in [0.1, 0.15) is 13.8 Å². The third-order valence-corrected chi connectivity index (χ3v) is 5.81. The molecule has 1 amide bonds. The number of anilines is 1. The zero-order chi connectivity index (χ0) is 19.2. The van der Waals surface area contributed by atoms with Gasteiger partial charge in [-0.25, -0.2) is 14.6 Å². The van der Waals surface area contributed by atoms with Crippen molar-refractivity contribution in [2.24, 2.45) is 5.92 Å². The highest BCUT2D eigenvalue weighted by Crippen LogP contribution is 2.28. The van der Waals surface area contributed by atoms with Crippen molar-refractivity contribution in [2.75, 3.05) is 31.1 Å². The van der Waals surface area contributed by atoms with Gasteiger partial charge in [0.25, 0.3) is 0 Å². The Hall–Kier alpha value is -2.49. The SMILES string of the molecule is C=CCn1nnnc1S[C@H](C(=O)N1CCN(c2ncccn2)CC1)C(C)C. The maximum Gasteiger partial charge on any atom is 0.236 e. The highest BCUT2D eigenvalue weighted by atomic mass is 32.2. The van der Waals surface area contributed by atoms with Crippen LogP contribution >= 0.6 is 11.8 Å². The lowest BCUT2D eigenvalue weighted by Crippen LogP contribution is -2.52. The van der Waals surface area contributed by atoms with Crippen molar-refractivity contribution in [3.8, 4) is 0 Å². The second kappa shape index (κ2) is 8.94. The molecule has 0 N–H and O–H groups in total. The average Bonchev–Trinajstić information content (AvgIpc) is 3.13. The number of hydrogen-bond donors (Lipinski definition) is 0. The van der Waals surface area contributed by atoms with Crippen LogP contribution in [0.4, 0.5) is 5.95 Å². The summed E-state index contributed by atoms with van der Waals surface area (Å²) >= 11 is 1.42. The fraction of sp³-hybridized carbons (Fsp3) is 0.529. The van der Waals surface area contributed by atoms with E-state index in [4.69, 9.17) is 0 Å². The van der Waals surface area contributed by atoms with Crippen LogP contribution in [0.2, 0.25) is 0 Å². The van der Waals surface area contributed by atoms with Crippen molar-refractivity contribution in [1.29, 1.82) is 0 Å². The van der Waals surface area contributed by atoms with Crippen molar-refractivity contribution >= 4 is 23.6 Å². The van der Waals surface area contributed by atoms with Gasteiger partial charge in [0.05, 0.1) is 11.8 Å². The van der Waals surface area contributed by atoms with Crippen LogP contribution in [0.3, 0.4) is 0 Å². The van der Waals surface area contributed by atoms with E-state index in [-0.39, 0.29) is 17.1 Å². The molecule has 10 heteroatoms. The lowest BCUT2D eigenvalue weighted by molar-refractivity contribution is -0.131. The highest BCUT2D eigenvalue weighted by molar-refractivity contribution is 8.00. The molecule has 0 radical (unpaired) electrons. The molecule has 0 saturated carbocycles. The van der Waals surface area contributed by atoms with Crippen LogP contribution in [0.15, 0.2) is 36.3 Å². The van der Waals surface area contributed by atoms with Crippen LogP contribution in [-0.4, -0.2) is 72.4 Å². The van der Waals surface area contributed by atoms with Gasteiger partial charge in [0.2, 0.25) is 17.0 Å². The number of tetrazole rings is 1. The van der Waals surface area contributed by atoms with Crippen molar-refractivity contribution in [3.63, 3.8) is 0 Å². The van der Waals surface area contributed by atoms with Crippen LogP contribution < -0.4 is 4.90 Å². The molecular formula is C17H24N8OS. The number of nitrogens with zero attached hydrogens (tertiary/aromatic N) is 8. The van der Waals surface area contributed by atoms with E-state index in [1.807, 2.05) is 18.7 Å². The molecule has 2 aromatic rings. The Morgan fingerprint density at radius 3 is 2.59 bits per heavy atom. The van der Waals surface area contributed by atoms with Gasteiger partial charge >= 0.3 is 0 Å². The maximum absolute atomic E-state index is 13.1. The molecule has 1 atom stereocenters. The molecule has 0 spiro atoms. The fourth-order valence-corrected chi connectivity index (χ4v) is 3.93. The number of carbonyl (C=O) groups is 1. The number of hydrogen-bond acceptors (Lipinski definition) is 8. The number of allylic oxidation sites excluding steroid dienone is 1. The Morgan fingerprint density at radius 2 is 1.96 bits per heavy atom. The van der Waals surface area contributed by atoms with E-state index in [2.05, 4.69) is 37.0 Å². The van der Waals surface area contributed by atoms with Gasteiger partial charge in [0, 0.05) is 38.6 Å². The summed E-state index contributed by atoms with van der Waals surface area (Å²) in [5, 5.41) is 12.1. The molecule has 0 bridgehead atoms.